The number of hydrogen-bond acceptors (Lipinski definition) is 3. The highest BCUT2D eigenvalue weighted by Gasteiger charge is 2.01. The van der Waals surface area contributed by atoms with Gasteiger partial charge in [-0.3, -0.25) is 4.79 Å². The van der Waals surface area contributed by atoms with E-state index in [2.05, 4.69) is 31.7 Å². The topological polar surface area (TPSA) is 26.3 Å². The highest BCUT2D eigenvalue weighted by Crippen LogP contribution is 2.11. The molecule has 0 unspecified atom stereocenters. The first kappa shape index (κ1) is 23.6. The fourth-order valence-corrected chi connectivity index (χ4v) is 2.84. The maximum atomic E-state index is 11.3. The molecule has 2 nitrogen and oxygen atoms in total. The Morgan fingerprint density at radius 2 is 1.29 bits per heavy atom. The second-order valence-electron chi connectivity index (χ2n) is 6.63. The molecule has 0 rings (SSSR count). The minimum Gasteiger partial charge on any atom is -0.465 e. The van der Waals surface area contributed by atoms with Crippen LogP contribution in [0.2, 0.25) is 0 Å². The predicted octanol–water partition coefficient (Wildman–Crippen LogP) is 6.89. The first-order chi connectivity index (χ1) is 11.8. The van der Waals surface area contributed by atoms with Crippen molar-refractivity contribution in [2.75, 3.05) is 12.4 Å². The minimum absolute atomic E-state index is 0.0683. The third kappa shape index (κ3) is 19.6. The van der Waals surface area contributed by atoms with Crippen molar-refractivity contribution in [3.8, 4) is 0 Å². The van der Waals surface area contributed by atoms with E-state index in [-0.39, 0.29) is 5.97 Å². The smallest absolute Gasteiger partial charge is 0.305 e. The molecule has 0 atom stereocenters. The lowest BCUT2D eigenvalue weighted by Crippen LogP contribution is -2.06. The van der Waals surface area contributed by atoms with Crippen LogP contribution in [0.25, 0.3) is 0 Å². The van der Waals surface area contributed by atoms with E-state index in [0.717, 1.165) is 12.8 Å². The average Bonchev–Trinajstić information content (AvgIpc) is 2.59. The van der Waals surface area contributed by atoms with Gasteiger partial charge in [0.25, 0.3) is 0 Å². The second kappa shape index (κ2) is 20.6. The van der Waals surface area contributed by atoms with E-state index in [1.807, 2.05) is 0 Å². The van der Waals surface area contributed by atoms with Crippen LogP contribution in [-0.2, 0) is 9.53 Å². The third-order valence-corrected chi connectivity index (χ3v) is 4.43. The Morgan fingerprint density at radius 3 is 1.83 bits per heavy atom. The second-order valence-corrected chi connectivity index (χ2v) is 7.08. The van der Waals surface area contributed by atoms with Gasteiger partial charge in [0.15, 0.2) is 0 Å². The zero-order valence-corrected chi connectivity index (χ0v) is 16.8. The molecular weight excluding hydrogens is 316 g/mol. The summed E-state index contributed by atoms with van der Waals surface area (Å²) in [4.78, 5) is 11.3. The van der Waals surface area contributed by atoms with E-state index in [1.165, 1.54) is 77.0 Å². The largest absolute Gasteiger partial charge is 0.465 e. The average molecular weight is 357 g/mol. The van der Waals surface area contributed by atoms with Gasteiger partial charge in [0.2, 0.25) is 0 Å². The fourth-order valence-electron chi connectivity index (χ4n) is 2.75. The molecule has 0 spiro atoms. The first-order valence-electron chi connectivity index (χ1n) is 10.2. The van der Waals surface area contributed by atoms with Crippen molar-refractivity contribution in [1.82, 2.24) is 0 Å². The van der Waals surface area contributed by atoms with Crippen LogP contribution in [0.5, 0.6) is 0 Å². The number of ether oxygens (including phenoxy) is 1. The molecule has 0 aliphatic carbocycles. The van der Waals surface area contributed by atoms with Crippen LogP contribution in [0.4, 0.5) is 0 Å². The Labute approximate surface area is 156 Å². The molecule has 0 amide bonds. The van der Waals surface area contributed by atoms with Gasteiger partial charge in [-0.05, 0) is 32.1 Å². The lowest BCUT2D eigenvalue weighted by atomic mass is 10.1. The monoisotopic (exact) mass is 356 g/mol. The molecule has 3 heteroatoms. The fraction of sp³-hybridized carbons (Fsp3) is 0.857. The van der Waals surface area contributed by atoms with Gasteiger partial charge in [0.05, 0.1) is 0 Å². The van der Waals surface area contributed by atoms with Crippen LogP contribution in [0.15, 0.2) is 12.2 Å². The summed E-state index contributed by atoms with van der Waals surface area (Å²) in [6, 6.07) is 0. The molecule has 0 saturated heterocycles. The van der Waals surface area contributed by atoms with Crippen molar-refractivity contribution in [3.63, 3.8) is 0 Å². The molecule has 0 N–H and O–H groups in total. The van der Waals surface area contributed by atoms with Crippen LogP contribution in [0, 0.1) is 0 Å². The lowest BCUT2D eigenvalue weighted by Gasteiger charge is -2.03. The van der Waals surface area contributed by atoms with E-state index in [0.29, 0.717) is 18.8 Å². The number of rotatable bonds is 18. The summed E-state index contributed by atoms with van der Waals surface area (Å²) in [5.41, 5.74) is 0. The van der Waals surface area contributed by atoms with Gasteiger partial charge in [-0.25, -0.2) is 0 Å². The highest BCUT2D eigenvalue weighted by atomic mass is 32.1. The zero-order chi connectivity index (χ0) is 17.7. The Kier molecular flexibility index (Phi) is 20.2. The zero-order valence-electron chi connectivity index (χ0n) is 15.9. The van der Waals surface area contributed by atoms with Gasteiger partial charge in [0, 0.05) is 12.2 Å². The summed E-state index contributed by atoms with van der Waals surface area (Å²) in [6.07, 6.45) is 23.3. The van der Waals surface area contributed by atoms with Gasteiger partial charge in [0.1, 0.15) is 6.61 Å². The first-order valence-corrected chi connectivity index (χ1v) is 10.9. The molecule has 0 radical (unpaired) electrons. The molecule has 0 aromatic heterocycles. The number of carbonyl (C=O) groups excluding carboxylic acids is 1. The molecule has 0 saturated carbocycles. The van der Waals surface area contributed by atoms with Crippen molar-refractivity contribution in [2.45, 2.75) is 103 Å². The van der Waals surface area contributed by atoms with Gasteiger partial charge < -0.3 is 4.74 Å². The van der Waals surface area contributed by atoms with E-state index in [4.69, 9.17) is 4.74 Å². The van der Waals surface area contributed by atoms with Crippen molar-refractivity contribution < 1.29 is 9.53 Å². The van der Waals surface area contributed by atoms with Gasteiger partial charge >= 0.3 is 5.97 Å². The Balaban J connectivity index is 3.13. The quantitative estimate of drug-likeness (QED) is 0.125. The van der Waals surface area contributed by atoms with E-state index >= 15 is 0 Å². The predicted molar refractivity (Wildman–Crippen MR) is 109 cm³/mol. The maximum Gasteiger partial charge on any atom is 0.305 e. The van der Waals surface area contributed by atoms with Crippen LogP contribution < -0.4 is 0 Å². The van der Waals surface area contributed by atoms with E-state index in [9.17, 15) is 4.79 Å². The Bertz CT molecular complexity index is 290. The lowest BCUT2D eigenvalue weighted by molar-refractivity contribution is -0.143. The summed E-state index contributed by atoms with van der Waals surface area (Å²) in [5.74, 6) is 0.543. The molecule has 0 heterocycles. The Morgan fingerprint density at radius 1 is 0.792 bits per heavy atom. The number of hydrogen-bond donors (Lipinski definition) is 1. The number of esters is 1. The van der Waals surface area contributed by atoms with Crippen LogP contribution in [0.3, 0.4) is 0 Å². The summed E-state index contributed by atoms with van der Waals surface area (Å²) in [7, 11) is 0. The van der Waals surface area contributed by atoms with Crippen LogP contribution in [-0.4, -0.2) is 18.3 Å². The highest BCUT2D eigenvalue weighted by molar-refractivity contribution is 7.80. The molecule has 0 aliphatic rings. The summed E-state index contributed by atoms with van der Waals surface area (Å²) in [6.45, 7) is 2.71. The third-order valence-electron chi connectivity index (χ3n) is 4.25. The van der Waals surface area contributed by atoms with Crippen molar-refractivity contribution in [3.05, 3.63) is 12.2 Å². The molecule has 142 valence electrons. The molecule has 0 fully saturated rings. The molecule has 0 aromatic rings. The van der Waals surface area contributed by atoms with Gasteiger partial charge in [-0.15, -0.1) is 0 Å². The number of allylic oxidation sites excluding steroid dienone is 2. The standard InChI is InChI=1S/C21H40O2S/c1-2-3-4-5-6-7-8-9-10-11-12-13-14-15-16-17-18-21(22)23-19-20-24/h8-9,24H,2-7,10-20H2,1H3/b9-8+. The van der Waals surface area contributed by atoms with Crippen LogP contribution in [0.1, 0.15) is 103 Å². The number of carbonyl (C=O) groups is 1. The van der Waals surface area contributed by atoms with Gasteiger partial charge in [-0.1, -0.05) is 76.9 Å². The minimum atomic E-state index is -0.0683. The van der Waals surface area contributed by atoms with Gasteiger partial charge in [-0.2, -0.15) is 12.6 Å². The molecule has 0 aliphatic heterocycles. The normalized spacial score (nSPS) is 11.2. The van der Waals surface area contributed by atoms with E-state index in [1.54, 1.807) is 0 Å². The number of thiol groups is 1. The number of unbranched alkanes of at least 4 members (excludes halogenated alkanes) is 12. The summed E-state index contributed by atoms with van der Waals surface area (Å²) >= 11 is 4.02. The maximum absolute atomic E-state index is 11.3. The van der Waals surface area contributed by atoms with Crippen molar-refractivity contribution in [2.24, 2.45) is 0 Å². The molecular formula is C21H40O2S. The Hall–Kier alpha value is -0.440. The van der Waals surface area contributed by atoms with Crippen LogP contribution >= 0.6 is 12.6 Å². The van der Waals surface area contributed by atoms with E-state index < -0.39 is 0 Å². The molecule has 0 aromatic carbocycles. The summed E-state index contributed by atoms with van der Waals surface area (Å²) < 4.78 is 4.99. The SMILES string of the molecule is CCCCCCC/C=C/CCCCCCCCCC(=O)OCCS. The summed E-state index contributed by atoms with van der Waals surface area (Å²) in [5, 5.41) is 0. The van der Waals surface area contributed by atoms with Crippen molar-refractivity contribution in [1.29, 1.82) is 0 Å². The van der Waals surface area contributed by atoms with Crippen molar-refractivity contribution >= 4 is 18.6 Å². The molecule has 24 heavy (non-hydrogen) atoms. The molecule has 0 bridgehead atoms.